The second kappa shape index (κ2) is 64.1. The zero-order chi connectivity index (χ0) is 55.0. The lowest BCUT2D eigenvalue weighted by Gasteiger charge is -2.18. The van der Waals surface area contributed by atoms with Crippen molar-refractivity contribution >= 4 is 17.9 Å². The first-order valence-electron chi connectivity index (χ1n) is 32.6. The number of ether oxygens (including phenoxy) is 3. The summed E-state index contributed by atoms with van der Waals surface area (Å²) in [7, 11) is 0. The molecule has 0 radical (unpaired) electrons. The van der Waals surface area contributed by atoms with Crippen LogP contribution in [-0.4, -0.2) is 37.2 Å². The minimum absolute atomic E-state index is 0.0771. The number of allylic oxidation sites excluding steroid dienone is 14. The van der Waals surface area contributed by atoms with Crippen LogP contribution in [0.2, 0.25) is 0 Å². The number of esters is 3. The van der Waals surface area contributed by atoms with Crippen LogP contribution in [0.4, 0.5) is 0 Å². The molecule has 0 aliphatic heterocycles. The lowest BCUT2D eigenvalue weighted by molar-refractivity contribution is -0.167. The Morgan fingerprint density at radius 1 is 0.276 bits per heavy atom. The molecular formula is C70H122O6. The predicted molar refractivity (Wildman–Crippen MR) is 330 cm³/mol. The van der Waals surface area contributed by atoms with Gasteiger partial charge in [-0.25, -0.2) is 0 Å². The zero-order valence-electron chi connectivity index (χ0n) is 50.3. The predicted octanol–water partition coefficient (Wildman–Crippen LogP) is 22.3. The number of hydrogen-bond donors (Lipinski definition) is 0. The molecule has 6 heteroatoms. The summed E-state index contributed by atoms with van der Waals surface area (Å²) < 4.78 is 16.9. The Kier molecular flexibility index (Phi) is 61.2. The van der Waals surface area contributed by atoms with Crippen LogP contribution >= 0.6 is 0 Å². The molecule has 1 unspecified atom stereocenters. The molecule has 0 bridgehead atoms. The number of carbonyl (C=O) groups excluding carboxylic acids is 3. The average Bonchev–Trinajstić information content (AvgIpc) is 3.42. The van der Waals surface area contributed by atoms with Gasteiger partial charge in [-0.05, 0) is 89.9 Å². The molecule has 0 aliphatic rings. The van der Waals surface area contributed by atoms with Gasteiger partial charge in [0.25, 0.3) is 0 Å². The highest BCUT2D eigenvalue weighted by Crippen LogP contribution is 2.17. The van der Waals surface area contributed by atoms with Crippen molar-refractivity contribution in [1.82, 2.24) is 0 Å². The monoisotopic (exact) mass is 1060 g/mol. The van der Waals surface area contributed by atoms with E-state index in [9.17, 15) is 14.4 Å². The fourth-order valence-electron chi connectivity index (χ4n) is 9.25. The first-order valence-corrected chi connectivity index (χ1v) is 32.6. The van der Waals surface area contributed by atoms with Crippen LogP contribution in [0.15, 0.2) is 85.1 Å². The van der Waals surface area contributed by atoms with Crippen molar-refractivity contribution in [2.45, 2.75) is 329 Å². The van der Waals surface area contributed by atoms with E-state index in [1.54, 1.807) is 0 Å². The van der Waals surface area contributed by atoms with E-state index >= 15 is 0 Å². The van der Waals surface area contributed by atoms with Gasteiger partial charge in [0.1, 0.15) is 13.2 Å². The lowest BCUT2D eigenvalue weighted by atomic mass is 10.0. The average molecular weight is 1060 g/mol. The molecule has 438 valence electrons. The van der Waals surface area contributed by atoms with Gasteiger partial charge in [-0.15, -0.1) is 0 Å². The molecule has 6 nitrogen and oxygen atoms in total. The zero-order valence-corrected chi connectivity index (χ0v) is 50.3. The normalized spacial score (nSPS) is 12.6. The molecule has 0 aromatic heterocycles. The van der Waals surface area contributed by atoms with Crippen LogP contribution in [0.1, 0.15) is 323 Å². The van der Waals surface area contributed by atoms with Gasteiger partial charge in [0.2, 0.25) is 0 Å². The van der Waals surface area contributed by atoms with Crippen molar-refractivity contribution in [2.75, 3.05) is 13.2 Å². The second-order valence-corrected chi connectivity index (χ2v) is 21.6. The number of unbranched alkanes of at least 4 members (excludes halogenated alkanes) is 34. The van der Waals surface area contributed by atoms with E-state index in [4.69, 9.17) is 14.2 Å². The highest BCUT2D eigenvalue weighted by molar-refractivity contribution is 5.71. The maximum absolute atomic E-state index is 12.8. The van der Waals surface area contributed by atoms with Gasteiger partial charge in [0.05, 0.1) is 0 Å². The largest absolute Gasteiger partial charge is 0.462 e. The Morgan fingerprint density at radius 2 is 0.526 bits per heavy atom. The van der Waals surface area contributed by atoms with Crippen molar-refractivity contribution in [2.24, 2.45) is 0 Å². The molecule has 0 rings (SSSR count). The molecule has 0 amide bonds. The SMILES string of the molecule is CC/C=C\C/C=C\C/C=C\C/C=C\C/C=C\CCCCCCCCCCCCCCCCCCCC(=O)OCC(COC(=O)CCCCCCCCCCCCC)OC(=O)CCCCCCC/C=C\C/C=C\CCCC. The van der Waals surface area contributed by atoms with E-state index in [0.29, 0.717) is 19.3 Å². The Hall–Kier alpha value is -3.41. The molecule has 0 saturated carbocycles. The number of rotatable bonds is 59. The summed E-state index contributed by atoms with van der Waals surface area (Å²) in [4.78, 5) is 38.2. The molecule has 76 heavy (non-hydrogen) atoms. The minimum Gasteiger partial charge on any atom is -0.462 e. The first kappa shape index (κ1) is 72.6. The summed E-state index contributed by atoms with van der Waals surface area (Å²) in [6.07, 6.45) is 84.7. The van der Waals surface area contributed by atoms with Crippen LogP contribution in [0, 0.1) is 0 Å². The van der Waals surface area contributed by atoms with E-state index in [1.165, 1.54) is 167 Å². The molecule has 0 fully saturated rings. The topological polar surface area (TPSA) is 78.9 Å². The van der Waals surface area contributed by atoms with Gasteiger partial charge in [-0.2, -0.15) is 0 Å². The maximum Gasteiger partial charge on any atom is 0.306 e. The summed E-state index contributed by atoms with van der Waals surface area (Å²) in [5.74, 6) is -0.879. The summed E-state index contributed by atoms with van der Waals surface area (Å²) in [6, 6.07) is 0. The van der Waals surface area contributed by atoms with E-state index in [-0.39, 0.29) is 31.1 Å². The number of hydrogen-bond acceptors (Lipinski definition) is 6. The van der Waals surface area contributed by atoms with Crippen molar-refractivity contribution in [3.63, 3.8) is 0 Å². The molecule has 0 spiro atoms. The maximum atomic E-state index is 12.8. The summed E-state index contributed by atoms with van der Waals surface area (Å²) in [5, 5.41) is 0. The van der Waals surface area contributed by atoms with E-state index < -0.39 is 6.10 Å². The van der Waals surface area contributed by atoms with Gasteiger partial charge in [-0.1, -0.05) is 298 Å². The molecule has 0 N–H and O–H groups in total. The quantitative estimate of drug-likeness (QED) is 0.0261. The van der Waals surface area contributed by atoms with Gasteiger partial charge in [0.15, 0.2) is 6.10 Å². The van der Waals surface area contributed by atoms with Crippen LogP contribution in [-0.2, 0) is 28.6 Å². The standard InChI is InChI=1S/C70H122O6/c1-4-7-10-13-16-19-22-24-26-27-28-29-30-31-32-33-34-35-36-37-38-39-40-41-42-43-44-46-48-51-54-57-60-63-69(72)75-66-67(65-74-68(71)62-59-56-53-50-47-21-18-15-12-9-6-3)76-70(73)64-61-58-55-52-49-45-25-23-20-17-14-11-8-5-2/h7,10,14,16-17,19,23-26,28-29,31-32,67H,4-6,8-9,11-13,15,18,20-22,27,30,33-66H2,1-3H3/b10-7-,17-14-,19-16-,25-23-,26-24-,29-28-,32-31-. The highest BCUT2D eigenvalue weighted by atomic mass is 16.6. The molecule has 0 aromatic carbocycles. The van der Waals surface area contributed by atoms with Crippen molar-refractivity contribution < 1.29 is 28.6 Å². The van der Waals surface area contributed by atoms with E-state index in [0.717, 1.165) is 116 Å². The number of carbonyl (C=O) groups is 3. The second-order valence-electron chi connectivity index (χ2n) is 21.6. The van der Waals surface area contributed by atoms with Crippen molar-refractivity contribution in [3.8, 4) is 0 Å². The van der Waals surface area contributed by atoms with Crippen LogP contribution in [0.5, 0.6) is 0 Å². The third kappa shape index (κ3) is 61.4. The third-order valence-corrected chi connectivity index (χ3v) is 14.1. The van der Waals surface area contributed by atoms with Crippen LogP contribution < -0.4 is 0 Å². The van der Waals surface area contributed by atoms with E-state index in [1.807, 2.05) is 0 Å². The van der Waals surface area contributed by atoms with E-state index in [2.05, 4.69) is 106 Å². The lowest BCUT2D eigenvalue weighted by Crippen LogP contribution is -2.30. The summed E-state index contributed by atoms with van der Waals surface area (Å²) in [5.41, 5.74) is 0. The third-order valence-electron chi connectivity index (χ3n) is 14.1. The first-order chi connectivity index (χ1) is 37.5. The van der Waals surface area contributed by atoms with Gasteiger partial charge >= 0.3 is 17.9 Å². The smallest absolute Gasteiger partial charge is 0.306 e. The molecular weight excluding hydrogens is 937 g/mol. The Labute approximate surface area is 471 Å². The van der Waals surface area contributed by atoms with Crippen molar-refractivity contribution in [1.29, 1.82) is 0 Å². The Morgan fingerprint density at radius 3 is 0.842 bits per heavy atom. The molecule has 0 saturated heterocycles. The minimum atomic E-state index is -0.780. The molecule has 1 atom stereocenters. The van der Waals surface area contributed by atoms with Crippen LogP contribution in [0.3, 0.4) is 0 Å². The molecule has 0 aliphatic carbocycles. The van der Waals surface area contributed by atoms with Crippen LogP contribution in [0.25, 0.3) is 0 Å². The fourth-order valence-corrected chi connectivity index (χ4v) is 9.25. The fraction of sp³-hybridized carbons (Fsp3) is 0.757. The van der Waals surface area contributed by atoms with Gasteiger partial charge in [-0.3, -0.25) is 14.4 Å². The molecule has 0 aromatic rings. The summed E-state index contributed by atoms with van der Waals surface area (Å²) >= 11 is 0. The van der Waals surface area contributed by atoms with Crippen molar-refractivity contribution in [3.05, 3.63) is 85.1 Å². The van der Waals surface area contributed by atoms with Gasteiger partial charge < -0.3 is 14.2 Å². The Balaban J connectivity index is 4.10. The Bertz CT molecular complexity index is 1450. The summed E-state index contributed by atoms with van der Waals surface area (Å²) in [6.45, 7) is 6.49. The van der Waals surface area contributed by atoms with Gasteiger partial charge in [0, 0.05) is 19.3 Å². The highest BCUT2D eigenvalue weighted by Gasteiger charge is 2.19. The molecule has 0 heterocycles.